The molecule has 0 spiro atoms. The lowest BCUT2D eigenvalue weighted by molar-refractivity contribution is 0.103. The highest BCUT2D eigenvalue weighted by molar-refractivity contribution is 14.1. The van der Waals surface area contributed by atoms with Crippen molar-refractivity contribution in [1.82, 2.24) is 0 Å². The second-order valence-electron chi connectivity index (χ2n) is 4.66. The van der Waals surface area contributed by atoms with Crippen LogP contribution in [0.5, 0.6) is 0 Å². The van der Waals surface area contributed by atoms with E-state index in [4.69, 9.17) is 0 Å². The number of hydrogen-bond acceptors (Lipinski definition) is 1. The van der Waals surface area contributed by atoms with Crippen molar-refractivity contribution in [1.29, 1.82) is 0 Å². The maximum absolute atomic E-state index is 12.7. The van der Waals surface area contributed by atoms with E-state index in [1.807, 2.05) is 45.0 Å². The van der Waals surface area contributed by atoms with Gasteiger partial charge in [0.2, 0.25) is 0 Å². The molecule has 0 aromatic heterocycles. The lowest BCUT2D eigenvalue weighted by atomic mass is 9.93. The summed E-state index contributed by atoms with van der Waals surface area (Å²) in [5.41, 5.74) is 4.76. The molecule has 0 bridgehead atoms. The lowest BCUT2D eigenvalue weighted by Gasteiger charge is -2.13. The van der Waals surface area contributed by atoms with E-state index < -0.39 is 0 Å². The predicted octanol–water partition coefficient (Wildman–Crippen LogP) is 5.21. The summed E-state index contributed by atoms with van der Waals surface area (Å²) in [5, 5.41) is 0. The van der Waals surface area contributed by atoms with Gasteiger partial charge < -0.3 is 0 Å². The first-order valence-corrected chi connectivity index (χ1v) is 7.85. The van der Waals surface area contributed by atoms with Gasteiger partial charge in [0.05, 0.1) is 0 Å². The summed E-state index contributed by atoms with van der Waals surface area (Å²) >= 11 is 5.79. The number of benzene rings is 2. The van der Waals surface area contributed by atoms with Gasteiger partial charge in [-0.05, 0) is 72.2 Å². The molecule has 2 aromatic rings. The van der Waals surface area contributed by atoms with Gasteiger partial charge in [0.1, 0.15) is 0 Å². The van der Waals surface area contributed by atoms with Crippen molar-refractivity contribution in [2.24, 2.45) is 0 Å². The van der Waals surface area contributed by atoms with Crippen LogP contribution in [0.15, 0.2) is 34.8 Å². The van der Waals surface area contributed by atoms with Crippen molar-refractivity contribution in [2.45, 2.75) is 20.8 Å². The molecule has 0 heterocycles. The van der Waals surface area contributed by atoms with E-state index in [-0.39, 0.29) is 5.78 Å². The minimum absolute atomic E-state index is 0.0919. The fourth-order valence-electron chi connectivity index (χ4n) is 2.28. The summed E-state index contributed by atoms with van der Waals surface area (Å²) in [6, 6.07) is 9.76. The molecule has 0 aliphatic heterocycles. The van der Waals surface area contributed by atoms with Gasteiger partial charge >= 0.3 is 0 Å². The summed E-state index contributed by atoms with van der Waals surface area (Å²) in [6.45, 7) is 6.03. The van der Waals surface area contributed by atoms with Gasteiger partial charge in [-0.3, -0.25) is 4.79 Å². The van der Waals surface area contributed by atoms with Crippen LogP contribution < -0.4 is 0 Å². The maximum Gasteiger partial charge on any atom is 0.193 e. The normalized spacial score (nSPS) is 10.6. The average Bonchev–Trinajstić information content (AvgIpc) is 2.36. The van der Waals surface area contributed by atoms with E-state index in [9.17, 15) is 4.79 Å². The van der Waals surface area contributed by atoms with Gasteiger partial charge in [0.25, 0.3) is 0 Å². The zero-order chi connectivity index (χ0) is 14.2. The average molecular weight is 429 g/mol. The van der Waals surface area contributed by atoms with Crippen molar-refractivity contribution in [3.63, 3.8) is 0 Å². The van der Waals surface area contributed by atoms with Crippen molar-refractivity contribution in [3.8, 4) is 0 Å². The third-order valence-corrected chi connectivity index (χ3v) is 5.08. The zero-order valence-corrected chi connectivity index (χ0v) is 14.8. The molecular weight excluding hydrogens is 415 g/mol. The van der Waals surface area contributed by atoms with Crippen LogP contribution in [0.25, 0.3) is 0 Å². The summed E-state index contributed by atoms with van der Waals surface area (Å²) in [5.74, 6) is 0.0919. The summed E-state index contributed by atoms with van der Waals surface area (Å²) in [4.78, 5) is 12.7. The van der Waals surface area contributed by atoms with Crippen molar-refractivity contribution < 1.29 is 4.79 Å². The SMILES string of the molecule is Cc1cc(C)c(C(=O)c2cccc(I)c2)c(C)c1Br. The molecule has 19 heavy (non-hydrogen) atoms. The quantitative estimate of drug-likeness (QED) is 0.474. The van der Waals surface area contributed by atoms with Gasteiger partial charge in [-0.2, -0.15) is 0 Å². The molecule has 0 aliphatic carbocycles. The van der Waals surface area contributed by atoms with Crippen LogP contribution in [0.2, 0.25) is 0 Å². The summed E-state index contributed by atoms with van der Waals surface area (Å²) in [6.07, 6.45) is 0. The van der Waals surface area contributed by atoms with Crippen molar-refractivity contribution >= 4 is 44.3 Å². The molecular formula is C16H14BrIO. The number of rotatable bonds is 2. The summed E-state index contributed by atoms with van der Waals surface area (Å²) in [7, 11) is 0. The molecule has 0 N–H and O–H groups in total. The molecule has 0 unspecified atom stereocenters. The van der Waals surface area contributed by atoms with E-state index >= 15 is 0 Å². The predicted molar refractivity (Wildman–Crippen MR) is 90.9 cm³/mol. The molecule has 2 aromatic carbocycles. The molecule has 0 saturated carbocycles. The molecule has 0 radical (unpaired) electrons. The van der Waals surface area contributed by atoms with Crippen LogP contribution in [0.1, 0.15) is 32.6 Å². The van der Waals surface area contributed by atoms with Crippen LogP contribution in [0.4, 0.5) is 0 Å². The topological polar surface area (TPSA) is 17.1 Å². The van der Waals surface area contributed by atoms with E-state index in [2.05, 4.69) is 44.6 Å². The molecule has 0 atom stereocenters. The van der Waals surface area contributed by atoms with Crippen molar-refractivity contribution in [3.05, 3.63) is 66.2 Å². The number of carbonyl (C=O) groups excluding carboxylic acids is 1. The number of carbonyl (C=O) groups is 1. The third kappa shape index (κ3) is 2.92. The Morgan fingerprint density at radius 3 is 2.42 bits per heavy atom. The summed E-state index contributed by atoms with van der Waals surface area (Å²) < 4.78 is 2.09. The van der Waals surface area contributed by atoms with Crippen molar-refractivity contribution in [2.75, 3.05) is 0 Å². The van der Waals surface area contributed by atoms with Crippen LogP contribution in [-0.4, -0.2) is 5.78 Å². The van der Waals surface area contributed by atoms with Gasteiger partial charge in [-0.15, -0.1) is 0 Å². The fraction of sp³-hybridized carbons (Fsp3) is 0.188. The first-order valence-electron chi connectivity index (χ1n) is 5.98. The lowest BCUT2D eigenvalue weighted by Crippen LogP contribution is -2.08. The van der Waals surface area contributed by atoms with Gasteiger partial charge in [-0.1, -0.05) is 34.1 Å². The molecule has 1 nitrogen and oxygen atoms in total. The smallest absolute Gasteiger partial charge is 0.193 e. The highest BCUT2D eigenvalue weighted by atomic mass is 127. The monoisotopic (exact) mass is 428 g/mol. The largest absolute Gasteiger partial charge is 0.289 e. The Kier molecular flexibility index (Phi) is 4.46. The Labute approximate surface area is 135 Å². The van der Waals surface area contributed by atoms with E-state index in [0.717, 1.165) is 35.9 Å². The molecule has 0 amide bonds. The molecule has 2 rings (SSSR count). The van der Waals surface area contributed by atoms with Crippen LogP contribution in [-0.2, 0) is 0 Å². The van der Waals surface area contributed by atoms with Crippen LogP contribution in [0, 0.1) is 24.3 Å². The minimum Gasteiger partial charge on any atom is -0.289 e. The number of aryl methyl sites for hydroxylation is 2. The first-order chi connectivity index (χ1) is 8.91. The highest BCUT2D eigenvalue weighted by Gasteiger charge is 2.17. The standard InChI is InChI=1S/C16H14BrIO/c1-9-7-10(2)15(17)11(3)14(9)16(19)12-5-4-6-13(18)8-12/h4-8H,1-3H3. The number of ketones is 1. The van der Waals surface area contributed by atoms with Gasteiger partial charge in [0.15, 0.2) is 5.78 Å². The minimum atomic E-state index is 0.0919. The molecule has 0 fully saturated rings. The second-order valence-corrected chi connectivity index (χ2v) is 6.70. The zero-order valence-electron chi connectivity index (χ0n) is 11.1. The highest BCUT2D eigenvalue weighted by Crippen LogP contribution is 2.28. The third-order valence-electron chi connectivity index (χ3n) is 3.19. The Bertz CT molecular complexity index is 662. The van der Waals surface area contributed by atoms with Gasteiger partial charge in [-0.25, -0.2) is 0 Å². The van der Waals surface area contributed by atoms with E-state index in [0.29, 0.717) is 0 Å². The Morgan fingerprint density at radius 2 is 1.79 bits per heavy atom. The van der Waals surface area contributed by atoms with E-state index in [1.165, 1.54) is 0 Å². The Balaban J connectivity index is 2.60. The first kappa shape index (κ1) is 14.7. The molecule has 3 heteroatoms. The molecule has 0 saturated heterocycles. The Morgan fingerprint density at radius 1 is 1.11 bits per heavy atom. The van der Waals surface area contributed by atoms with Crippen LogP contribution in [0.3, 0.4) is 0 Å². The Hall–Kier alpha value is -0.680. The fourth-order valence-corrected chi connectivity index (χ4v) is 3.14. The number of hydrogen-bond donors (Lipinski definition) is 0. The van der Waals surface area contributed by atoms with Gasteiger partial charge in [0, 0.05) is 19.2 Å². The van der Waals surface area contributed by atoms with E-state index in [1.54, 1.807) is 0 Å². The maximum atomic E-state index is 12.7. The number of halogens is 2. The molecule has 98 valence electrons. The second kappa shape index (κ2) is 5.75. The molecule has 0 aliphatic rings. The van der Waals surface area contributed by atoms with Crippen LogP contribution >= 0.6 is 38.5 Å².